The van der Waals surface area contributed by atoms with E-state index in [9.17, 15) is 4.79 Å². The summed E-state index contributed by atoms with van der Waals surface area (Å²) in [7, 11) is 0. The van der Waals surface area contributed by atoms with Crippen molar-refractivity contribution in [3.8, 4) is 0 Å². The van der Waals surface area contributed by atoms with Crippen molar-refractivity contribution in [1.82, 2.24) is 4.90 Å². The SMILES string of the molecule is CCCOC(C)N([C]=O)C(C)OCCC. The second-order valence-corrected chi connectivity index (χ2v) is 3.44. The van der Waals surface area contributed by atoms with Gasteiger partial charge in [0.1, 0.15) is 12.5 Å². The monoisotopic (exact) mass is 216 g/mol. The third kappa shape index (κ3) is 5.74. The predicted molar refractivity (Wildman–Crippen MR) is 58.9 cm³/mol. The number of hydrogen-bond acceptors (Lipinski definition) is 3. The molecule has 0 spiro atoms. The molecule has 0 bridgehead atoms. The second kappa shape index (κ2) is 8.68. The average molecular weight is 216 g/mol. The zero-order valence-corrected chi connectivity index (χ0v) is 10.2. The summed E-state index contributed by atoms with van der Waals surface area (Å²) < 4.78 is 10.9. The Bertz CT molecular complexity index is 150. The van der Waals surface area contributed by atoms with E-state index in [2.05, 4.69) is 0 Å². The lowest BCUT2D eigenvalue weighted by Gasteiger charge is -2.29. The third-order valence-corrected chi connectivity index (χ3v) is 2.02. The maximum absolute atomic E-state index is 10.8. The van der Waals surface area contributed by atoms with Gasteiger partial charge in [-0.25, -0.2) is 0 Å². The van der Waals surface area contributed by atoms with Crippen LogP contribution in [0.3, 0.4) is 0 Å². The predicted octanol–water partition coefficient (Wildman–Crippen LogP) is 1.90. The summed E-state index contributed by atoms with van der Waals surface area (Å²) in [6, 6.07) is 0. The van der Waals surface area contributed by atoms with E-state index < -0.39 is 0 Å². The second-order valence-electron chi connectivity index (χ2n) is 3.44. The smallest absolute Gasteiger partial charge is 0.316 e. The molecule has 89 valence electrons. The van der Waals surface area contributed by atoms with E-state index in [4.69, 9.17) is 9.47 Å². The fourth-order valence-electron chi connectivity index (χ4n) is 1.18. The normalized spacial score (nSPS) is 14.7. The maximum atomic E-state index is 10.8. The van der Waals surface area contributed by atoms with Crippen molar-refractivity contribution in [2.45, 2.75) is 53.0 Å². The minimum absolute atomic E-state index is 0.283. The Balaban J connectivity index is 4.02. The maximum Gasteiger partial charge on any atom is 0.316 e. The van der Waals surface area contributed by atoms with Crippen molar-refractivity contribution in [3.63, 3.8) is 0 Å². The molecule has 0 N–H and O–H groups in total. The van der Waals surface area contributed by atoms with E-state index in [1.165, 1.54) is 4.90 Å². The Morgan fingerprint density at radius 1 is 1.07 bits per heavy atom. The van der Waals surface area contributed by atoms with E-state index >= 15 is 0 Å². The summed E-state index contributed by atoms with van der Waals surface area (Å²) in [5.41, 5.74) is 0. The molecule has 2 atom stereocenters. The molecule has 4 nitrogen and oxygen atoms in total. The van der Waals surface area contributed by atoms with Gasteiger partial charge in [0.05, 0.1) is 0 Å². The van der Waals surface area contributed by atoms with Crippen LogP contribution < -0.4 is 0 Å². The van der Waals surface area contributed by atoms with Crippen molar-refractivity contribution in [1.29, 1.82) is 0 Å². The van der Waals surface area contributed by atoms with Gasteiger partial charge >= 0.3 is 6.41 Å². The van der Waals surface area contributed by atoms with E-state index in [1.807, 2.05) is 34.1 Å². The van der Waals surface area contributed by atoms with Gasteiger partial charge in [-0.2, -0.15) is 0 Å². The topological polar surface area (TPSA) is 38.8 Å². The highest BCUT2D eigenvalue weighted by Gasteiger charge is 2.19. The molecule has 0 heterocycles. The van der Waals surface area contributed by atoms with Gasteiger partial charge in [-0.3, -0.25) is 9.69 Å². The zero-order valence-electron chi connectivity index (χ0n) is 10.2. The van der Waals surface area contributed by atoms with Crippen LogP contribution >= 0.6 is 0 Å². The minimum Gasteiger partial charge on any atom is -0.359 e. The van der Waals surface area contributed by atoms with Gasteiger partial charge in [0, 0.05) is 13.2 Å². The van der Waals surface area contributed by atoms with Crippen molar-refractivity contribution in [2.24, 2.45) is 0 Å². The third-order valence-electron chi connectivity index (χ3n) is 2.02. The largest absolute Gasteiger partial charge is 0.359 e. The van der Waals surface area contributed by atoms with Crippen LogP contribution in [-0.4, -0.2) is 37.0 Å². The molecule has 0 aliphatic carbocycles. The van der Waals surface area contributed by atoms with Gasteiger partial charge in [0.15, 0.2) is 0 Å². The fourth-order valence-corrected chi connectivity index (χ4v) is 1.18. The molecule has 0 aliphatic rings. The summed E-state index contributed by atoms with van der Waals surface area (Å²) in [6.45, 7) is 8.98. The molecule has 0 aromatic heterocycles. The van der Waals surface area contributed by atoms with Crippen LogP contribution in [0.25, 0.3) is 0 Å². The van der Waals surface area contributed by atoms with E-state index in [0.29, 0.717) is 13.2 Å². The Kier molecular flexibility index (Phi) is 8.33. The summed E-state index contributed by atoms with van der Waals surface area (Å²) in [6.07, 6.45) is 3.15. The standard InChI is InChI=1S/C11H22NO3/c1-5-7-14-10(3)12(9-13)11(4)15-8-6-2/h10-11H,5-8H2,1-4H3. The number of carbonyl (C=O) groups excluding carboxylic acids is 1. The first-order chi connectivity index (χ1) is 7.17. The molecule has 1 radical (unpaired) electrons. The first kappa shape index (κ1) is 14.4. The molecular formula is C11H22NO3. The molecule has 0 saturated carbocycles. The van der Waals surface area contributed by atoms with Crippen molar-refractivity contribution < 1.29 is 14.3 Å². The van der Waals surface area contributed by atoms with Crippen LogP contribution in [0.2, 0.25) is 0 Å². The first-order valence-electron chi connectivity index (χ1n) is 5.56. The van der Waals surface area contributed by atoms with Crippen LogP contribution in [0.5, 0.6) is 0 Å². The first-order valence-corrected chi connectivity index (χ1v) is 5.56. The van der Waals surface area contributed by atoms with Gasteiger partial charge in [0.2, 0.25) is 0 Å². The summed E-state index contributed by atoms with van der Waals surface area (Å²) in [5, 5.41) is 0. The Morgan fingerprint density at radius 3 is 1.73 bits per heavy atom. The molecule has 0 rings (SSSR count). The highest BCUT2D eigenvalue weighted by atomic mass is 16.5. The van der Waals surface area contributed by atoms with Gasteiger partial charge in [-0.05, 0) is 26.7 Å². The Hall–Kier alpha value is -0.610. The number of ether oxygens (including phenoxy) is 2. The lowest BCUT2D eigenvalue weighted by atomic mass is 10.4. The van der Waals surface area contributed by atoms with Crippen LogP contribution in [-0.2, 0) is 14.3 Å². The van der Waals surface area contributed by atoms with Gasteiger partial charge in [-0.1, -0.05) is 13.8 Å². The molecule has 0 aromatic rings. The molecule has 0 aliphatic heterocycles. The van der Waals surface area contributed by atoms with Gasteiger partial charge < -0.3 is 9.47 Å². The fraction of sp³-hybridized carbons (Fsp3) is 0.909. The van der Waals surface area contributed by atoms with E-state index in [1.54, 1.807) is 0 Å². The molecule has 4 heteroatoms. The van der Waals surface area contributed by atoms with Gasteiger partial charge in [-0.15, -0.1) is 0 Å². The van der Waals surface area contributed by atoms with Gasteiger partial charge in [0.25, 0.3) is 0 Å². The average Bonchev–Trinajstić information content (AvgIpc) is 2.24. The molecule has 15 heavy (non-hydrogen) atoms. The quantitative estimate of drug-likeness (QED) is 0.436. The van der Waals surface area contributed by atoms with Crippen LogP contribution in [0.1, 0.15) is 40.5 Å². The lowest BCUT2D eigenvalue weighted by molar-refractivity contribution is -0.104. The summed E-state index contributed by atoms with van der Waals surface area (Å²) in [5.74, 6) is 0. The van der Waals surface area contributed by atoms with E-state index in [-0.39, 0.29) is 12.5 Å². The van der Waals surface area contributed by atoms with Crippen LogP contribution in [0.4, 0.5) is 0 Å². The van der Waals surface area contributed by atoms with Crippen molar-refractivity contribution in [3.05, 3.63) is 0 Å². The molecule has 0 saturated heterocycles. The Morgan fingerprint density at radius 2 is 1.47 bits per heavy atom. The zero-order chi connectivity index (χ0) is 11.7. The highest BCUT2D eigenvalue weighted by Crippen LogP contribution is 2.06. The minimum atomic E-state index is -0.283. The molecule has 2 unspecified atom stereocenters. The van der Waals surface area contributed by atoms with Crippen LogP contribution in [0.15, 0.2) is 0 Å². The number of nitrogens with zero attached hydrogens (tertiary/aromatic N) is 1. The number of amides is 1. The van der Waals surface area contributed by atoms with Crippen molar-refractivity contribution >= 4 is 6.41 Å². The van der Waals surface area contributed by atoms with Crippen molar-refractivity contribution in [2.75, 3.05) is 13.2 Å². The summed E-state index contributed by atoms with van der Waals surface area (Å²) >= 11 is 0. The highest BCUT2D eigenvalue weighted by molar-refractivity contribution is 5.48. The summed E-state index contributed by atoms with van der Waals surface area (Å²) in [4.78, 5) is 12.2. The molecular weight excluding hydrogens is 194 g/mol. The molecule has 1 amide bonds. The van der Waals surface area contributed by atoms with Crippen LogP contribution in [0, 0.1) is 0 Å². The number of hydrogen-bond donors (Lipinski definition) is 0. The molecule has 0 aromatic carbocycles. The Labute approximate surface area is 92.5 Å². The molecule has 0 fully saturated rings. The van der Waals surface area contributed by atoms with E-state index in [0.717, 1.165) is 12.8 Å². The lowest BCUT2D eigenvalue weighted by Crippen LogP contribution is -2.42. The number of rotatable bonds is 9.